The highest BCUT2D eigenvalue weighted by molar-refractivity contribution is 5.92. The number of carboxylic acids is 1. The molecule has 8 nitrogen and oxygen atoms in total. The van der Waals surface area contributed by atoms with Gasteiger partial charge in [0.25, 0.3) is 0 Å². The van der Waals surface area contributed by atoms with Crippen LogP contribution in [0.15, 0.2) is 4.79 Å². The van der Waals surface area contributed by atoms with Crippen molar-refractivity contribution in [2.45, 2.75) is 45.4 Å². The third-order valence-electron chi connectivity index (χ3n) is 3.59. The molecule has 0 amide bonds. The molecule has 2 aromatic heterocycles. The van der Waals surface area contributed by atoms with E-state index in [0.29, 0.717) is 5.82 Å². The van der Waals surface area contributed by atoms with E-state index in [9.17, 15) is 14.7 Å². The van der Waals surface area contributed by atoms with Crippen LogP contribution in [0, 0.1) is 0 Å². The van der Waals surface area contributed by atoms with E-state index in [0.717, 1.165) is 30.4 Å². The molecule has 21 heavy (non-hydrogen) atoms. The average molecular weight is 293 g/mol. The molecule has 2 rings (SSSR count). The van der Waals surface area contributed by atoms with Crippen molar-refractivity contribution in [2.75, 3.05) is 0 Å². The van der Waals surface area contributed by atoms with Gasteiger partial charge < -0.3 is 5.11 Å². The molecule has 0 bridgehead atoms. The second kappa shape index (κ2) is 6.02. The van der Waals surface area contributed by atoms with E-state index >= 15 is 0 Å². The molecule has 0 spiro atoms. The summed E-state index contributed by atoms with van der Waals surface area (Å²) < 4.78 is 2.36. The largest absolute Gasteiger partial charge is 0.476 e. The molecule has 1 N–H and O–H groups in total. The van der Waals surface area contributed by atoms with Crippen molar-refractivity contribution in [2.24, 2.45) is 7.05 Å². The van der Waals surface area contributed by atoms with Gasteiger partial charge in [-0.25, -0.2) is 19.0 Å². The highest BCUT2D eigenvalue weighted by Crippen LogP contribution is 2.25. The molecule has 0 saturated heterocycles. The van der Waals surface area contributed by atoms with Crippen molar-refractivity contribution in [1.29, 1.82) is 0 Å². The molecule has 0 aromatic carbocycles. The van der Waals surface area contributed by atoms with Crippen LogP contribution in [0.1, 0.15) is 61.8 Å². The van der Waals surface area contributed by atoms with Gasteiger partial charge in [-0.15, -0.1) is 5.10 Å². The number of aromatic nitrogens is 5. The fourth-order valence-electron chi connectivity index (χ4n) is 2.39. The van der Waals surface area contributed by atoms with E-state index in [1.54, 1.807) is 0 Å². The van der Waals surface area contributed by atoms with Gasteiger partial charge in [0.2, 0.25) is 0 Å². The first kappa shape index (κ1) is 15.1. The van der Waals surface area contributed by atoms with Crippen molar-refractivity contribution < 1.29 is 9.90 Å². The number of carbonyl (C=O) groups is 1. The SMILES string of the molecule is CCCCC(CC)c1nc(C(=O)O)c2nnn(C)c(=O)n12. The van der Waals surface area contributed by atoms with Gasteiger partial charge in [-0.05, 0) is 12.8 Å². The summed E-state index contributed by atoms with van der Waals surface area (Å²) in [7, 11) is 1.48. The fraction of sp³-hybridized carbons (Fsp3) is 0.615. The molecule has 2 heterocycles. The molecule has 0 aliphatic heterocycles. The third kappa shape index (κ3) is 2.65. The summed E-state index contributed by atoms with van der Waals surface area (Å²) in [5.74, 6) is -0.706. The molecule has 0 aliphatic carbocycles. The molecule has 1 atom stereocenters. The normalized spacial score (nSPS) is 12.7. The molecular formula is C13H19N5O3. The van der Waals surface area contributed by atoms with Gasteiger partial charge in [-0.1, -0.05) is 31.9 Å². The van der Waals surface area contributed by atoms with Crippen molar-refractivity contribution in [3.63, 3.8) is 0 Å². The van der Waals surface area contributed by atoms with E-state index in [2.05, 4.69) is 22.2 Å². The smallest absolute Gasteiger partial charge is 0.358 e. The van der Waals surface area contributed by atoms with Crippen LogP contribution in [0.4, 0.5) is 0 Å². The predicted octanol–water partition coefficient (Wildman–Crippen LogP) is 1.20. The summed E-state index contributed by atoms with van der Waals surface area (Å²) in [6.07, 6.45) is 3.67. The Bertz CT molecular complexity index is 718. The maximum atomic E-state index is 12.3. The summed E-state index contributed by atoms with van der Waals surface area (Å²) in [5.41, 5.74) is -0.634. The zero-order chi connectivity index (χ0) is 15.6. The van der Waals surface area contributed by atoms with Gasteiger partial charge in [-0.3, -0.25) is 0 Å². The lowest BCUT2D eigenvalue weighted by molar-refractivity contribution is 0.0692. The quantitative estimate of drug-likeness (QED) is 0.858. The molecule has 0 aliphatic rings. The molecule has 1 unspecified atom stereocenters. The van der Waals surface area contributed by atoms with Crippen LogP contribution in [0.5, 0.6) is 0 Å². The third-order valence-corrected chi connectivity index (χ3v) is 3.59. The molecule has 2 aromatic rings. The number of hydrogen-bond acceptors (Lipinski definition) is 5. The van der Waals surface area contributed by atoms with Crippen LogP contribution < -0.4 is 5.69 Å². The lowest BCUT2D eigenvalue weighted by Gasteiger charge is -2.12. The topological polar surface area (TPSA) is 102 Å². The summed E-state index contributed by atoms with van der Waals surface area (Å²) in [5, 5.41) is 16.7. The van der Waals surface area contributed by atoms with E-state index in [4.69, 9.17) is 0 Å². The van der Waals surface area contributed by atoms with Crippen LogP contribution in [-0.4, -0.2) is 35.5 Å². The second-order valence-electron chi connectivity index (χ2n) is 5.03. The van der Waals surface area contributed by atoms with Crippen molar-refractivity contribution in [1.82, 2.24) is 24.4 Å². The van der Waals surface area contributed by atoms with Gasteiger partial charge >= 0.3 is 11.7 Å². The molecule has 0 saturated carbocycles. The van der Waals surface area contributed by atoms with Gasteiger partial charge in [0.05, 0.1) is 0 Å². The molecule has 0 fully saturated rings. The van der Waals surface area contributed by atoms with E-state index in [-0.39, 0.29) is 17.3 Å². The summed E-state index contributed by atoms with van der Waals surface area (Å²) in [6, 6.07) is 0. The lowest BCUT2D eigenvalue weighted by Crippen LogP contribution is -2.29. The standard InChI is InChI=1S/C13H19N5O3/c1-4-6-7-8(5-2)10-14-9(12(19)20)11-15-16-17(3)13(21)18(10)11/h8H,4-7H2,1-3H3,(H,19,20). The molecule has 114 valence electrons. The summed E-state index contributed by atoms with van der Waals surface area (Å²) >= 11 is 0. The van der Waals surface area contributed by atoms with Crippen LogP contribution >= 0.6 is 0 Å². The van der Waals surface area contributed by atoms with Crippen molar-refractivity contribution in [3.8, 4) is 0 Å². The van der Waals surface area contributed by atoms with Gasteiger partial charge in [0.1, 0.15) is 5.82 Å². The maximum absolute atomic E-state index is 12.3. The van der Waals surface area contributed by atoms with Gasteiger partial charge in [-0.2, -0.15) is 4.68 Å². The zero-order valence-electron chi connectivity index (χ0n) is 12.4. The Morgan fingerprint density at radius 3 is 2.67 bits per heavy atom. The predicted molar refractivity (Wildman–Crippen MR) is 75.5 cm³/mol. The zero-order valence-corrected chi connectivity index (χ0v) is 12.4. The number of imidazole rings is 1. The molecule has 8 heteroatoms. The Hall–Kier alpha value is -2.25. The summed E-state index contributed by atoms with van der Waals surface area (Å²) in [4.78, 5) is 27.7. The number of carboxylic acid groups (broad SMARTS) is 1. The number of unbranched alkanes of at least 4 members (excludes halogenated alkanes) is 1. The highest BCUT2D eigenvalue weighted by Gasteiger charge is 2.25. The molecule has 0 radical (unpaired) electrons. The van der Waals surface area contributed by atoms with Crippen molar-refractivity contribution >= 4 is 11.6 Å². The van der Waals surface area contributed by atoms with Crippen LogP contribution in [-0.2, 0) is 7.05 Å². The Balaban J connectivity index is 2.69. The first-order valence-corrected chi connectivity index (χ1v) is 7.06. The lowest BCUT2D eigenvalue weighted by atomic mass is 9.99. The summed E-state index contributed by atoms with van der Waals surface area (Å²) in [6.45, 7) is 4.09. The van der Waals surface area contributed by atoms with E-state index in [1.165, 1.54) is 11.4 Å². The Morgan fingerprint density at radius 2 is 2.10 bits per heavy atom. The number of fused-ring (bicyclic) bond motifs is 1. The number of aryl methyl sites for hydroxylation is 1. The Kier molecular flexibility index (Phi) is 4.35. The minimum absolute atomic E-state index is 0.00977. The second-order valence-corrected chi connectivity index (χ2v) is 5.03. The Labute approximate surface area is 121 Å². The molecular weight excluding hydrogens is 274 g/mol. The first-order chi connectivity index (χ1) is 10.0. The highest BCUT2D eigenvalue weighted by atomic mass is 16.4. The van der Waals surface area contributed by atoms with Crippen LogP contribution in [0.2, 0.25) is 0 Å². The average Bonchev–Trinajstić information content (AvgIpc) is 2.84. The Morgan fingerprint density at radius 1 is 1.38 bits per heavy atom. The van der Waals surface area contributed by atoms with Crippen LogP contribution in [0.25, 0.3) is 5.65 Å². The number of rotatable bonds is 6. The van der Waals surface area contributed by atoms with E-state index in [1.807, 2.05) is 6.92 Å². The van der Waals surface area contributed by atoms with Crippen LogP contribution in [0.3, 0.4) is 0 Å². The van der Waals surface area contributed by atoms with Gasteiger partial charge in [0.15, 0.2) is 11.3 Å². The van der Waals surface area contributed by atoms with E-state index < -0.39 is 11.7 Å². The van der Waals surface area contributed by atoms with Crippen molar-refractivity contribution in [3.05, 3.63) is 22.0 Å². The maximum Gasteiger partial charge on any atom is 0.358 e. The fourth-order valence-corrected chi connectivity index (χ4v) is 2.39. The van der Waals surface area contributed by atoms with Gasteiger partial charge in [0, 0.05) is 13.0 Å². The minimum Gasteiger partial charge on any atom is -0.476 e. The first-order valence-electron chi connectivity index (χ1n) is 7.06. The number of aromatic carboxylic acids is 1. The minimum atomic E-state index is -1.20. The number of nitrogens with zero attached hydrogens (tertiary/aromatic N) is 5. The number of hydrogen-bond donors (Lipinski definition) is 1. The monoisotopic (exact) mass is 293 g/mol.